The van der Waals surface area contributed by atoms with E-state index in [1.54, 1.807) is 11.0 Å². The number of anilines is 2. The molecular weight excluding hydrogens is 425 g/mol. The second-order valence-corrected chi connectivity index (χ2v) is 7.77. The summed E-state index contributed by atoms with van der Waals surface area (Å²) in [6.07, 6.45) is 0. The smallest absolute Gasteiger partial charge is 0.254 e. The number of fused-ring (bicyclic) bond motifs is 1. The number of rotatable bonds is 5. The SMILES string of the molecule is Cc1cc(Nc2cc3cc(C(=O)N4CCOCC4)ccc3c(Oc3ccc(F)cc3)n2)n[nH]1. The van der Waals surface area contributed by atoms with Gasteiger partial charge < -0.3 is 19.7 Å². The number of ether oxygens (including phenoxy) is 2. The number of morpholine rings is 1. The fraction of sp³-hybridized carbons (Fsp3) is 0.208. The van der Waals surface area contributed by atoms with Gasteiger partial charge in [0.2, 0.25) is 5.88 Å². The summed E-state index contributed by atoms with van der Waals surface area (Å²) in [7, 11) is 0. The first-order valence-corrected chi connectivity index (χ1v) is 10.6. The van der Waals surface area contributed by atoms with Gasteiger partial charge in [-0.2, -0.15) is 10.1 Å². The van der Waals surface area contributed by atoms with Gasteiger partial charge in [0.05, 0.1) is 13.2 Å². The summed E-state index contributed by atoms with van der Waals surface area (Å²) in [6, 6.07) is 14.8. The summed E-state index contributed by atoms with van der Waals surface area (Å²) in [5.41, 5.74) is 1.48. The van der Waals surface area contributed by atoms with Crippen LogP contribution in [0.15, 0.2) is 54.6 Å². The summed E-state index contributed by atoms with van der Waals surface area (Å²) in [5, 5.41) is 11.7. The van der Waals surface area contributed by atoms with Gasteiger partial charge in [0.1, 0.15) is 17.4 Å². The Bertz CT molecular complexity index is 1300. The van der Waals surface area contributed by atoms with E-state index in [1.807, 2.05) is 31.2 Å². The van der Waals surface area contributed by atoms with Gasteiger partial charge in [0, 0.05) is 35.8 Å². The molecule has 1 aliphatic rings. The molecule has 0 radical (unpaired) electrons. The van der Waals surface area contributed by atoms with E-state index in [-0.39, 0.29) is 11.7 Å². The molecule has 0 spiro atoms. The summed E-state index contributed by atoms with van der Waals surface area (Å²) in [5.74, 6) is 1.49. The lowest BCUT2D eigenvalue weighted by molar-refractivity contribution is 0.0303. The normalized spacial score (nSPS) is 13.8. The van der Waals surface area contributed by atoms with Crippen molar-refractivity contribution in [1.82, 2.24) is 20.1 Å². The van der Waals surface area contributed by atoms with Crippen LogP contribution in [0, 0.1) is 12.7 Å². The van der Waals surface area contributed by atoms with Crippen LogP contribution in [0.3, 0.4) is 0 Å². The number of halogens is 1. The molecular formula is C24H22FN5O3. The number of amides is 1. The molecule has 1 saturated heterocycles. The van der Waals surface area contributed by atoms with E-state index >= 15 is 0 Å². The molecule has 0 aliphatic carbocycles. The molecule has 1 fully saturated rings. The van der Waals surface area contributed by atoms with E-state index in [0.717, 1.165) is 16.5 Å². The van der Waals surface area contributed by atoms with Gasteiger partial charge in [0.15, 0.2) is 5.82 Å². The monoisotopic (exact) mass is 447 g/mol. The molecule has 1 aliphatic heterocycles. The number of hydrogen-bond donors (Lipinski definition) is 2. The lowest BCUT2D eigenvalue weighted by Gasteiger charge is -2.27. The highest BCUT2D eigenvalue weighted by atomic mass is 19.1. The molecule has 0 saturated carbocycles. The van der Waals surface area contributed by atoms with E-state index in [0.29, 0.717) is 55.1 Å². The van der Waals surface area contributed by atoms with Gasteiger partial charge in [-0.1, -0.05) is 0 Å². The molecule has 0 bridgehead atoms. The Kier molecular flexibility index (Phi) is 5.62. The third-order valence-electron chi connectivity index (χ3n) is 5.33. The molecule has 2 aromatic heterocycles. The van der Waals surface area contributed by atoms with Gasteiger partial charge in [-0.15, -0.1) is 0 Å². The van der Waals surface area contributed by atoms with Crippen LogP contribution in [-0.2, 0) is 4.74 Å². The Morgan fingerprint density at radius 3 is 2.61 bits per heavy atom. The largest absolute Gasteiger partial charge is 0.438 e. The molecule has 9 heteroatoms. The topological polar surface area (TPSA) is 92.4 Å². The van der Waals surface area contributed by atoms with Crippen molar-refractivity contribution >= 4 is 28.3 Å². The van der Waals surface area contributed by atoms with Crippen LogP contribution in [0.5, 0.6) is 11.6 Å². The second kappa shape index (κ2) is 8.87. The number of carbonyl (C=O) groups is 1. The Labute approximate surface area is 189 Å². The summed E-state index contributed by atoms with van der Waals surface area (Å²) in [6.45, 7) is 4.11. The van der Waals surface area contributed by atoms with Gasteiger partial charge in [-0.05, 0) is 60.8 Å². The Morgan fingerprint density at radius 2 is 1.88 bits per heavy atom. The first-order valence-electron chi connectivity index (χ1n) is 10.6. The summed E-state index contributed by atoms with van der Waals surface area (Å²) < 4.78 is 24.7. The number of aryl methyl sites for hydroxylation is 1. The number of carbonyl (C=O) groups excluding carboxylic acids is 1. The van der Waals surface area contributed by atoms with Gasteiger partial charge >= 0.3 is 0 Å². The maximum Gasteiger partial charge on any atom is 0.254 e. The first kappa shape index (κ1) is 20.9. The molecule has 3 heterocycles. The third kappa shape index (κ3) is 4.63. The van der Waals surface area contributed by atoms with Crippen LogP contribution in [0.4, 0.5) is 16.0 Å². The second-order valence-electron chi connectivity index (χ2n) is 7.77. The molecule has 2 N–H and O–H groups in total. The predicted molar refractivity (Wildman–Crippen MR) is 122 cm³/mol. The van der Waals surface area contributed by atoms with Crippen molar-refractivity contribution < 1.29 is 18.7 Å². The predicted octanol–water partition coefficient (Wildman–Crippen LogP) is 4.41. The van der Waals surface area contributed by atoms with Gasteiger partial charge in [-0.25, -0.2) is 4.39 Å². The molecule has 168 valence electrons. The van der Waals surface area contributed by atoms with Gasteiger partial charge in [0.25, 0.3) is 5.91 Å². The van der Waals surface area contributed by atoms with Crippen molar-refractivity contribution in [3.8, 4) is 11.6 Å². The fourth-order valence-electron chi connectivity index (χ4n) is 3.68. The maximum absolute atomic E-state index is 13.3. The standard InChI is InChI=1S/C24H22FN5O3/c1-15-12-22(29-28-15)26-21-14-17-13-16(24(31)30-8-10-32-11-9-30)2-7-20(17)23(27-21)33-19-5-3-18(25)4-6-19/h2-7,12-14H,8-11H2,1H3,(H2,26,27,28,29). The zero-order chi connectivity index (χ0) is 22.8. The summed E-state index contributed by atoms with van der Waals surface area (Å²) in [4.78, 5) is 19.4. The molecule has 0 atom stereocenters. The number of pyridine rings is 1. The minimum atomic E-state index is -0.351. The van der Waals surface area contributed by atoms with Crippen molar-refractivity contribution in [2.24, 2.45) is 0 Å². The molecule has 4 aromatic rings. The Balaban J connectivity index is 1.54. The number of aromatic nitrogens is 3. The van der Waals surface area contributed by atoms with Crippen LogP contribution in [0.2, 0.25) is 0 Å². The lowest BCUT2D eigenvalue weighted by Crippen LogP contribution is -2.40. The van der Waals surface area contributed by atoms with Crippen molar-refractivity contribution in [1.29, 1.82) is 0 Å². The van der Waals surface area contributed by atoms with E-state index in [9.17, 15) is 9.18 Å². The molecule has 2 aromatic carbocycles. The average molecular weight is 447 g/mol. The van der Waals surface area contributed by atoms with Crippen molar-refractivity contribution in [3.63, 3.8) is 0 Å². The molecule has 8 nitrogen and oxygen atoms in total. The van der Waals surface area contributed by atoms with Crippen LogP contribution < -0.4 is 10.1 Å². The zero-order valence-corrected chi connectivity index (χ0v) is 18.0. The number of aromatic amines is 1. The van der Waals surface area contributed by atoms with Crippen molar-refractivity contribution in [2.75, 3.05) is 31.6 Å². The highest BCUT2D eigenvalue weighted by Gasteiger charge is 2.20. The third-order valence-corrected chi connectivity index (χ3v) is 5.33. The zero-order valence-electron chi connectivity index (χ0n) is 18.0. The van der Waals surface area contributed by atoms with Gasteiger partial charge in [-0.3, -0.25) is 9.89 Å². The van der Waals surface area contributed by atoms with E-state index in [1.165, 1.54) is 24.3 Å². The minimum absolute atomic E-state index is 0.0459. The highest BCUT2D eigenvalue weighted by molar-refractivity contribution is 6.00. The number of hydrogen-bond acceptors (Lipinski definition) is 6. The molecule has 33 heavy (non-hydrogen) atoms. The molecule has 1 amide bonds. The average Bonchev–Trinajstić information content (AvgIpc) is 3.24. The summed E-state index contributed by atoms with van der Waals surface area (Å²) >= 11 is 0. The van der Waals surface area contributed by atoms with Crippen molar-refractivity contribution in [2.45, 2.75) is 6.92 Å². The van der Waals surface area contributed by atoms with E-state index < -0.39 is 0 Å². The Morgan fingerprint density at radius 1 is 1.09 bits per heavy atom. The number of nitrogens with one attached hydrogen (secondary N) is 2. The number of benzene rings is 2. The van der Waals surface area contributed by atoms with Crippen LogP contribution in [0.25, 0.3) is 10.8 Å². The van der Waals surface area contributed by atoms with E-state index in [2.05, 4.69) is 20.5 Å². The van der Waals surface area contributed by atoms with E-state index in [4.69, 9.17) is 9.47 Å². The number of nitrogens with zero attached hydrogens (tertiary/aromatic N) is 3. The molecule has 0 unspecified atom stereocenters. The highest BCUT2D eigenvalue weighted by Crippen LogP contribution is 2.32. The van der Waals surface area contributed by atoms with Crippen LogP contribution >= 0.6 is 0 Å². The van der Waals surface area contributed by atoms with Crippen LogP contribution in [0.1, 0.15) is 16.1 Å². The minimum Gasteiger partial charge on any atom is -0.438 e. The molecule has 5 rings (SSSR count). The van der Waals surface area contributed by atoms with Crippen molar-refractivity contribution in [3.05, 3.63) is 71.7 Å². The Hall–Kier alpha value is -3.98. The first-order chi connectivity index (χ1) is 16.0. The maximum atomic E-state index is 13.3. The number of H-pyrrole nitrogens is 1. The fourth-order valence-corrected chi connectivity index (χ4v) is 3.68. The lowest BCUT2D eigenvalue weighted by atomic mass is 10.1. The quantitative estimate of drug-likeness (QED) is 0.471. The van der Waals surface area contributed by atoms with Crippen LogP contribution in [-0.4, -0.2) is 52.3 Å².